The number of nitro groups is 1. The molecule has 0 aliphatic rings. The lowest BCUT2D eigenvalue weighted by Gasteiger charge is -2.09. The molecular weight excluding hydrogens is 360 g/mol. The normalized spacial score (nSPS) is 10.9. The Morgan fingerprint density at radius 1 is 1.25 bits per heavy atom. The van der Waals surface area contributed by atoms with Gasteiger partial charge >= 0.3 is 0 Å². The summed E-state index contributed by atoms with van der Waals surface area (Å²) in [5.74, 6) is 0. The Bertz CT molecular complexity index is 1240. The summed E-state index contributed by atoms with van der Waals surface area (Å²) < 4.78 is 1.73. The summed E-state index contributed by atoms with van der Waals surface area (Å²) in [6, 6.07) is 10.6. The highest BCUT2D eigenvalue weighted by atomic mass is 16.6. The number of aromatic nitrogens is 4. The van der Waals surface area contributed by atoms with Gasteiger partial charge in [-0.1, -0.05) is 18.2 Å². The summed E-state index contributed by atoms with van der Waals surface area (Å²) in [5, 5.41) is 18.9. The van der Waals surface area contributed by atoms with E-state index in [4.69, 9.17) is 0 Å². The van der Waals surface area contributed by atoms with Crippen LogP contribution in [0.1, 0.15) is 5.56 Å². The lowest BCUT2D eigenvalue weighted by molar-refractivity contribution is -0.383. The molecule has 0 spiro atoms. The van der Waals surface area contributed by atoms with Gasteiger partial charge in [0.15, 0.2) is 0 Å². The Morgan fingerprint density at radius 2 is 2.11 bits per heavy atom. The highest BCUT2D eigenvalue weighted by molar-refractivity contribution is 5.86. The number of rotatable bonds is 5. The van der Waals surface area contributed by atoms with Crippen LogP contribution in [0.25, 0.3) is 22.0 Å². The molecule has 2 N–H and O–H groups in total. The van der Waals surface area contributed by atoms with Crippen LogP contribution in [0.4, 0.5) is 11.4 Å². The molecule has 0 atom stereocenters. The molecule has 0 unspecified atom stereocenters. The number of hydrogen-bond donors (Lipinski definition) is 2. The lowest BCUT2D eigenvalue weighted by atomic mass is 10.1. The fourth-order valence-corrected chi connectivity index (χ4v) is 3.02. The van der Waals surface area contributed by atoms with E-state index in [9.17, 15) is 14.9 Å². The van der Waals surface area contributed by atoms with Gasteiger partial charge in [0.1, 0.15) is 5.69 Å². The number of H-pyrrole nitrogens is 1. The molecule has 0 saturated carbocycles. The van der Waals surface area contributed by atoms with Gasteiger partial charge in [-0.3, -0.25) is 19.6 Å². The first-order chi connectivity index (χ1) is 13.5. The molecule has 0 aliphatic carbocycles. The molecule has 9 heteroatoms. The highest BCUT2D eigenvalue weighted by Crippen LogP contribution is 2.28. The summed E-state index contributed by atoms with van der Waals surface area (Å²) >= 11 is 0. The number of aryl methyl sites for hydroxylation is 1. The second-order valence-electron chi connectivity index (χ2n) is 6.33. The van der Waals surface area contributed by atoms with Crippen LogP contribution in [0.15, 0.2) is 59.9 Å². The van der Waals surface area contributed by atoms with Crippen molar-refractivity contribution in [3.05, 3.63) is 81.2 Å². The molecular formula is C19H16N6O3. The van der Waals surface area contributed by atoms with Crippen molar-refractivity contribution in [3.8, 4) is 11.1 Å². The maximum atomic E-state index is 11.9. The first-order valence-electron chi connectivity index (χ1n) is 8.49. The van der Waals surface area contributed by atoms with Crippen molar-refractivity contribution in [2.75, 3.05) is 5.32 Å². The van der Waals surface area contributed by atoms with Crippen molar-refractivity contribution < 1.29 is 4.92 Å². The smallest absolute Gasteiger partial charge is 0.293 e. The number of nitro benzene ring substituents is 1. The quantitative estimate of drug-likeness (QED) is 0.408. The van der Waals surface area contributed by atoms with Crippen molar-refractivity contribution in [1.29, 1.82) is 0 Å². The number of fused-ring (bicyclic) bond motifs is 1. The molecule has 0 radical (unpaired) electrons. The van der Waals surface area contributed by atoms with Crippen molar-refractivity contribution in [2.45, 2.75) is 6.54 Å². The predicted octanol–water partition coefficient (Wildman–Crippen LogP) is 2.84. The van der Waals surface area contributed by atoms with E-state index in [1.165, 1.54) is 18.5 Å². The zero-order valence-electron chi connectivity index (χ0n) is 14.9. The standard InChI is InChI=1S/C19H16N6O3/c1-24-10-14(9-23-24)13-4-2-3-12(5-13)8-20-17-7-16-15(6-18(17)25(27)28)19(26)22-11-21-16/h2-7,9-11,20H,8H2,1H3,(H,21,22,26). The molecule has 4 aromatic rings. The van der Waals surface area contributed by atoms with Crippen LogP contribution in [0.3, 0.4) is 0 Å². The third-order valence-corrected chi connectivity index (χ3v) is 4.40. The topological polar surface area (TPSA) is 119 Å². The minimum absolute atomic E-state index is 0.172. The SMILES string of the molecule is Cn1cc(-c2cccc(CNc3cc4nc[nH]c(=O)c4cc3[N+](=O)[O-])c2)cn1. The minimum Gasteiger partial charge on any atom is -0.375 e. The average molecular weight is 376 g/mol. The van der Waals surface area contributed by atoms with Gasteiger partial charge in [0.05, 0.1) is 28.4 Å². The number of hydrogen-bond acceptors (Lipinski definition) is 6. The van der Waals surface area contributed by atoms with Gasteiger partial charge in [-0.2, -0.15) is 5.10 Å². The van der Waals surface area contributed by atoms with Gasteiger partial charge in [0, 0.05) is 31.4 Å². The molecule has 0 fully saturated rings. The van der Waals surface area contributed by atoms with Crippen LogP contribution in [0.5, 0.6) is 0 Å². The van der Waals surface area contributed by atoms with E-state index in [2.05, 4.69) is 20.4 Å². The Morgan fingerprint density at radius 3 is 2.86 bits per heavy atom. The van der Waals surface area contributed by atoms with Crippen molar-refractivity contribution in [3.63, 3.8) is 0 Å². The van der Waals surface area contributed by atoms with E-state index in [-0.39, 0.29) is 11.1 Å². The van der Waals surface area contributed by atoms with Crippen LogP contribution in [-0.4, -0.2) is 24.7 Å². The Kier molecular flexibility index (Phi) is 4.32. The largest absolute Gasteiger partial charge is 0.375 e. The number of nitrogens with one attached hydrogen (secondary N) is 2. The second-order valence-corrected chi connectivity index (χ2v) is 6.33. The number of anilines is 1. The van der Waals surface area contributed by atoms with Crippen molar-refractivity contribution in [2.24, 2.45) is 7.05 Å². The van der Waals surface area contributed by atoms with E-state index in [0.717, 1.165) is 16.7 Å². The molecule has 2 heterocycles. The molecule has 0 saturated heterocycles. The second kappa shape index (κ2) is 6.95. The van der Waals surface area contributed by atoms with E-state index < -0.39 is 10.5 Å². The molecule has 2 aromatic heterocycles. The first kappa shape index (κ1) is 17.4. The fraction of sp³-hybridized carbons (Fsp3) is 0.105. The number of benzene rings is 2. The third kappa shape index (κ3) is 3.32. The predicted molar refractivity (Wildman–Crippen MR) is 105 cm³/mol. The molecule has 0 bridgehead atoms. The van der Waals surface area contributed by atoms with Crippen molar-refractivity contribution >= 4 is 22.3 Å². The zero-order valence-corrected chi connectivity index (χ0v) is 14.9. The zero-order chi connectivity index (χ0) is 19.7. The van der Waals surface area contributed by atoms with Crippen LogP contribution in [-0.2, 0) is 13.6 Å². The Labute approximate surface area is 158 Å². The third-order valence-electron chi connectivity index (χ3n) is 4.40. The minimum atomic E-state index is -0.514. The molecule has 9 nitrogen and oxygen atoms in total. The van der Waals surface area contributed by atoms with Crippen molar-refractivity contribution in [1.82, 2.24) is 19.7 Å². The molecule has 0 amide bonds. The van der Waals surface area contributed by atoms with E-state index in [1.54, 1.807) is 10.9 Å². The highest BCUT2D eigenvalue weighted by Gasteiger charge is 2.17. The summed E-state index contributed by atoms with van der Waals surface area (Å²) in [5.41, 5.74) is 3.06. The molecule has 140 valence electrons. The Hall–Kier alpha value is -4.01. The average Bonchev–Trinajstić information content (AvgIpc) is 3.12. The first-order valence-corrected chi connectivity index (χ1v) is 8.49. The number of aromatic amines is 1. The van der Waals surface area contributed by atoms with Gasteiger partial charge in [-0.05, 0) is 23.3 Å². The lowest BCUT2D eigenvalue weighted by Crippen LogP contribution is -2.09. The van der Waals surface area contributed by atoms with Gasteiger partial charge < -0.3 is 10.3 Å². The van der Waals surface area contributed by atoms with Gasteiger partial charge in [0.25, 0.3) is 11.2 Å². The summed E-state index contributed by atoms with van der Waals surface area (Å²) in [7, 11) is 1.85. The van der Waals surface area contributed by atoms with Gasteiger partial charge in [-0.15, -0.1) is 0 Å². The van der Waals surface area contributed by atoms with Crippen LogP contribution < -0.4 is 10.9 Å². The summed E-state index contributed by atoms with van der Waals surface area (Å²) in [6.07, 6.45) is 4.98. The summed E-state index contributed by atoms with van der Waals surface area (Å²) in [4.78, 5) is 29.3. The molecule has 4 rings (SSSR count). The molecule has 0 aliphatic heterocycles. The van der Waals surface area contributed by atoms with E-state index in [1.807, 2.05) is 37.5 Å². The number of nitrogens with zero attached hydrogens (tertiary/aromatic N) is 4. The monoisotopic (exact) mass is 376 g/mol. The molecule has 28 heavy (non-hydrogen) atoms. The summed E-state index contributed by atoms with van der Waals surface area (Å²) in [6.45, 7) is 0.379. The maximum Gasteiger partial charge on any atom is 0.293 e. The van der Waals surface area contributed by atoms with Crippen LogP contribution >= 0.6 is 0 Å². The van der Waals surface area contributed by atoms with Crippen LogP contribution in [0, 0.1) is 10.1 Å². The van der Waals surface area contributed by atoms with Crippen LogP contribution in [0.2, 0.25) is 0 Å². The van der Waals surface area contributed by atoms with E-state index in [0.29, 0.717) is 17.7 Å². The van der Waals surface area contributed by atoms with Gasteiger partial charge in [0.2, 0.25) is 0 Å². The Balaban J connectivity index is 1.65. The fourth-order valence-electron chi connectivity index (χ4n) is 3.02. The maximum absolute atomic E-state index is 11.9. The van der Waals surface area contributed by atoms with E-state index >= 15 is 0 Å². The van der Waals surface area contributed by atoms with Gasteiger partial charge in [-0.25, -0.2) is 4.98 Å². The molecule has 2 aromatic carbocycles.